The van der Waals surface area contributed by atoms with E-state index in [9.17, 15) is 14.4 Å². The summed E-state index contributed by atoms with van der Waals surface area (Å²) in [5, 5.41) is 8.40. The second-order valence-corrected chi connectivity index (χ2v) is 5.17. The number of carbonyl (C=O) groups excluding carboxylic acids is 2. The van der Waals surface area contributed by atoms with Crippen molar-refractivity contribution in [1.82, 2.24) is 0 Å². The lowest BCUT2D eigenvalue weighted by Crippen LogP contribution is -2.32. The minimum Gasteiger partial charge on any atom is -0.479 e. The van der Waals surface area contributed by atoms with E-state index < -0.39 is 30.1 Å². The van der Waals surface area contributed by atoms with Gasteiger partial charge in [-0.05, 0) is 19.8 Å². The van der Waals surface area contributed by atoms with Crippen LogP contribution in [-0.4, -0.2) is 35.2 Å². The Morgan fingerprint density at radius 2 is 1.67 bits per heavy atom. The number of carbonyl (C=O) groups is 3. The molecule has 120 valence electrons. The van der Waals surface area contributed by atoms with Crippen LogP contribution in [0.4, 0.5) is 0 Å². The lowest BCUT2D eigenvalue weighted by atomic mass is 9.94. The largest absolute Gasteiger partial charge is 0.479 e. The highest BCUT2D eigenvalue weighted by Crippen LogP contribution is 2.24. The summed E-state index contributed by atoms with van der Waals surface area (Å²) in [6, 6.07) is 0. The maximum Gasteiger partial charge on any atom is 0.341 e. The summed E-state index contributed by atoms with van der Waals surface area (Å²) in [6.45, 7) is 8.54. The molecule has 0 aliphatic carbocycles. The number of carboxylic acid groups (broad SMARTS) is 1. The average molecular weight is 300 g/mol. The number of hydrogen-bond acceptors (Lipinski definition) is 5. The van der Waals surface area contributed by atoms with Crippen LogP contribution in [0.5, 0.6) is 0 Å². The summed E-state index contributed by atoms with van der Waals surface area (Å²) in [6.07, 6.45) is 2.93. The molecule has 0 atom stereocenters. The number of rotatable bonds is 10. The topological polar surface area (TPSA) is 89.9 Å². The van der Waals surface area contributed by atoms with Crippen molar-refractivity contribution in [3.05, 3.63) is 12.2 Å². The molecule has 0 aromatic carbocycles. The molecule has 0 aromatic rings. The fourth-order valence-electron chi connectivity index (χ4n) is 2.07. The maximum atomic E-state index is 11.9. The monoisotopic (exact) mass is 300 g/mol. The van der Waals surface area contributed by atoms with E-state index in [1.54, 1.807) is 0 Å². The van der Waals surface area contributed by atoms with Crippen molar-refractivity contribution in [3.63, 3.8) is 0 Å². The molecule has 0 spiro atoms. The standard InChI is InChI=1S/C15H24O6/c1-5-7-15(4,8-6-2)21-13(18)9-11(3)14(19)20-10-12(16)17/h3,5-10H2,1-2,4H3,(H,16,17). The third-order valence-electron chi connectivity index (χ3n) is 2.89. The Kier molecular flexibility index (Phi) is 8.35. The van der Waals surface area contributed by atoms with Crippen LogP contribution in [-0.2, 0) is 23.9 Å². The van der Waals surface area contributed by atoms with Gasteiger partial charge < -0.3 is 14.6 Å². The number of ether oxygens (including phenoxy) is 2. The van der Waals surface area contributed by atoms with E-state index in [1.807, 2.05) is 20.8 Å². The minimum atomic E-state index is -1.27. The molecule has 0 heterocycles. The summed E-state index contributed by atoms with van der Waals surface area (Å²) < 4.78 is 9.89. The number of esters is 2. The molecule has 6 heteroatoms. The molecule has 6 nitrogen and oxygen atoms in total. The summed E-state index contributed by atoms with van der Waals surface area (Å²) >= 11 is 0. The van der Waals surface area contributed by atoms with Crippen molar-refractivity contribution in [2.45, 2.75) is 58.5 Å². The highest BCUT2D eigenvalue weighted by atomic mass is 16.6. The quantitative estimate of drug-likeness (QED) is 0.492. The van der Waals surface area contributed by atoms with Gasteiger partial charge in [0.15, 0.2) is 6.61 Å². The molecule has 1 N–H and O–H groups in total. The van der Waals surface area contributed by atoms with Crippen molar-refractivity contribution in [2.24, 2.45) is 0 Å². The molecule has 0 amide bonds. The van der Waals surface area contributed by atoms with Gasteiger partial charge in [-0.1, -0.05) is 33.3 Å². The summed E-state index contributed by atoms with van der Waals surface area (Å²) in [4.78, 5) is 33.5. The Balaban J connectivity index is 4.43. The molecule has 0 fully saturated rings. The van der Waals surface area contributed by atoms with Gasteiger partial charge >= 0.3 is 17.9 Å². The molecule has 21 heavy (non-hydrogen) atoms. The molecule has 0 bridgehead atoms. The third kappa shape index (κ3) is 8.12. The van der Waals surface area contributed by atoms with Crippen LogP contribution in [0.1, 0.15) is 52.9 Å². The molecule has 0 rings (SSSR count). The first-order valence-electron chi connectivity index (χ1n) is 7.02. The normalized spacial score (nSPS) is 10.8. The predicted octanol–water partition coefficient (Wildman–Crippen LogP) is 2.46. The van der Waals surface area contributed by atoms with E-state index in [4.69, 9.17) is 9.84 Å². The fourth-order valence-corrected chi connectivity index (χ4v) is 2.07. The Morgan fingerprint density at radius 1 is 1.14 bits per heavy atom. The Hall–Kier alpha value is -1.85. The zero-order valence-electron chi connectivity index (χ0n) is 12.9. The Bertz CT molecular complexity index is 393. The SMILES string of the molecule is C=C(CC(=O)OC(C)(CCC)CCC)C(=O)OCC(=O)O. The molecule has 0 saturated carbocycles. The van der Waals surface area contributed by atoms with Gasteiger partial charge in [-0.2, -0.15) is 0 Å². The zero-order valence-corrected chi connectivity index (χ0v) is 12.9. The van der Waals surface area contributed by atoms with Gasteiger partial charge in [0, 0.05) is 5.57 Å². The smallest absolute Gasteiger partial charge is 0.341 e. The van der Waals surface area contributed by atoms with Crippen LogP contribution in [0.3, 0.4) is 0 Å². The van der Waals surface area contributed by atoms with Gasteiger partial charge in [-0.15, -0.1) is 0 Å². The molecule has 0 radical (unpaired) electrons. The summed E-state index contributed by atoms with van der Waals surface area (Å²) in [7, 11) is 0. The van der Waals surface area contributed by atoms with E-state index in [1.165, 1.54) is 0 Å². The Morgan fingerprint density at radius 3 is 2.10 bits per heavy atom. The summed E-state index contributed by atoms with van der Waals surface area (Å²) in [5.41, 5.74) is -0.664. The fraction of sp³-hybridized carbons (Fsp3) is 0.667. The van der Waals surface area contributed by atoms with Crippen LogP contribution in [0, 0.1) is 0 Å². The molecule has 0 aliphatic heterocycles. The van der Waals surface area contributed by atoms with Crippen LogP contribution < -0.4 is 0 Å². The van der Waals surface area contributed by atoms with Crippen molar-refractivity contribution >= 4 is 17.9 Å². The van der Waals surface area contributed by atoms with E-state index >= 15 is 0 Å². The first-order chi connectivity index (χ1) is 9.74. The first kappa shape index (κ1) is 19.1. The predicted molar refractivity (Wildman–Crippen MR) is 76.7 cm³/mol. The van der Waals surface area contributed by atoms with Gasteiger partial charge in [0.25, 0.3) is 0 Å². The number of carboxylic acids is 1. The van der Waals surface area contributed by atoms with Gasteiger partial charge in [-0.3, -0.25) is 4.79 Å². The van der Waals surface area contributed by atoms with E-state index in [2.05, 4.69) is 11.3 Å². The second kappa shape index (κ2) is 9.15. The van der Waals surface area contributed by atoms with Crippen LogP contribution in [0.25, 0.3) is 0 Å². The lowest BCUT2D eigenvalue weighted by Gasteiger charge is -2.29. The number of hydrogen-bond donors (Lipinski definition) is 1. The third-order valence-corrected chi connectivity index (χ3v) is 2.89. The average Bonchev–Trinajstić information content (AvgIpc) is 2.35. The molecule has 0 saturated heterocycles. The van der Waals surface area contributed by atoms with Gasteiger partial charge in [0.05, 0.1) is 6.42 Å². The molecule has 0 aromatic heterocycles. The second-order valence-electron chi connectivity index (χ2n) is 5.17. The van der Waals surface area contributed by atoms with Crippen LogP contribution in [0.15, 0.2) is 12.2 Å². The zero-order chi connectivity index (χ0) is 16.5. The van der Waals surface area contributed by atoms with Crippen molar-refractivity contribution < 1.29 is 29.0 Å². The van der Waals surface area contributed by atoms with E-state index in [-0.39, 0.29) is 12.0 Å². The van der Waals surface area contributed by atoms with Gasteiger partial charge in [-0.25, -0.2) is 9.59 Å². The summed E-state index contributed by atoms with van der Waals surface area (Å²) in [5.74, 6) is -2.73. The van der Waals surface area contributed by atoms with Crippen molar-refractivity contribution in [2.75, 3.05) is 6.61 Å². The van der Waals surface area contributed by atoms with Crippen LogP contribution in [0.2, 0.25) is 0 Å². The highest BCUT2D eigenvalue weighted by molar-refractivity contribution is 5.94. The van der Waals surface area contributed by atoms with Crippen molar-refractivity contribution in [3.8, 4) is 0 Å². The molecular formula is C15H24O6. The van der Waals surface area contributed by atoms with Crippen molar-refractivity contribution in [1.29, 1.82) is 0 Å². The van der Waals surface area contributed by atoms with Gasteiger partial charge in [0.2, 0.25) is 0 Å². The number of aliphatic carboxylic acids is 1. The van der Waals surface area contributed by atoms with Crippen LogP contribution >= 0.6 is 0 Å². The van der Waals surface area contributed by atoms with E-state index in [0.717, 1.165) is 25.7 Å². The van der Waals surface area contributed by atoms with E-state index in [0.29, 0.717) is 0 Å². The highest BCUT2D eigenvalue weighted by Gasteiger charge is 2.27. The maximum absolute atomic E-state index is 11.9. The molecule has 0 unspecified atom stereocenters. The molecular weight excluding hydrogens is 276 g/mol. The molecule has 0 aliphatic rings. The first-order valence-corrected chi connectivity index (χ1v) is 7.02. The Labute approximate surface area is 125 Å². The van der Waals surface area contributed by atoms with Gasteiger partial charge in [0.1, 0.15) is 5.60 Å². The minimum absolute atomic E-state index is 0.114. The lowest BCUT2D eigenvalue weighted by molar-refractivity contribution is -0.160.